The third-order valence-electron chi connectivity index (χ3n) is 7.34. The number of rotatable bonds is 9. The SMILES string of the molecule is CCOC(=O)/C(C)=C/[C@H](C(C)C)N(C)C(=O)[C@@H](NC(=O)C1C[C@@H](c2ccccc2)CCN1C)C(C)(C)C. The van der Waals surface area contributed by atoms with Crippen LogP contribution >= 0.6 is 0 Å². The van der Waals surface area contributed by atoms with Gasteiger partial charge in [0.05, 0.1) is 18.7 Å². The lowest BCUT2D eigenvalue weighted by Gasteiger charge is -2.40. The van der Waals surface area contributed by atoms with Gasteiger partial charge in [0.25, 0.3) is 0 Å². The molecule has 2 rings (SSSR count). The molecule has 1 saturated heterocycles. The number of amides is 2. The average molecular weight is 514 g/mol. The molecule has 0 radical (unpaired) electrons. The maximum absolute atomic E-state index is 13.9. The highest BCUT2D eigenvalue weighted by atomic mass is 16.5. The van der Waals surface area contributed by atoms with Gasteiger partial charge in [-0.1, -0.05) is 71.0 Å². The van der Waals surface area contributed by atoms with Crippen LogP contribution in [-0.2, 0) is 19.1 Å². The topological polar surface area (TPSA) is 79.0 Å². The van der Waals surface area contributed by atoms with E-state index in [4.69, 9.17) is 4.74 Å². The van der Waals surface area contributed by atoms with Crippen molar-refractivity contribution in [1.82, 2.24) is 15.1 Å². The monoisotopic (exact) mass is 513 g/mol. The molecule has 1 aliphatic rings. The Morgan fingerprint density at radius 2 is 1.81 bits per heavy atom. The summed E-state index contributed by atoms with van der Waals surface area (Å²) >= 11 is 0. The van der Waals surface area contributed by atoms with Crippen molar-refractivity contribution in [3.63, 3.8) is 0 Å². The summed E-state index contributed by atoms with van der Waals surface area (Å²) in [5.74, 6) is -0.315. The fourth-order valence-corrected chi connectivity index (χ4v) is 4.98. The molecule has 7 nitrogen and oxygen atoms in total. The molecule has 4 atom stereocenters. The Labute approximate surface area is 223 Å². The minimum atomic E-state index is -0.715. The molecule has 1 aliphatic heterocycles. The molecule has 0 aromatic heterocycles. The number of hydrogen-bond donors (Lipinski definition) is 1. The lowest BCUT2D eigenvalue weighted by molar-refractivity contribution is -0.142. The predicted octanol–water partition coefficient (Wildman–Crippen LogP) is 4.39. The number of nitrogens with one attached hydrogen (secondary N) is 1. The van der Waals surface area contributed by atoms with Crippen LogP contribution in [0.25, 0.3) is 0 Å². The molecule has 1 fully saturated rings. The molecule has 1 heterocycles. The Morgan fingerprint density at radius 3 is 2.35 bits per heavy atom. The van der Waals surface area contributed by atoms with E-state index >= 15 is 0 Å². The van der Waals surface area contributed by atoms with E-state index < -0.39 is 11.5 Å². The third-order valence-corrected chi connectivity index (χ3v) is 7.34. The Balaban J connectivity index is 2.25. The van der Waals surface area contributed by atoms with Crippen LogP contribution in [0.5, 0.6) is 0 Å². The quantitative estimate of drug-likeness (QED) is 0.391. The summed E-state index contributed by atoms with van der Waals surface area (Å²) in [6.45, 7) is 14.5. The van der Waals surface area contributed by atoms with E-state index in [1.165, 1.54) is 5.56 Å². The fraction of sp³-hybridized carbons (Fsp3) is 0.633. The Morgan fingerprint density at radius 1 is 1.19 bits per heavy atom. The minimum absolute atomic E-state index is 0.0609. The maximum atomic E-state index is 13.9. The highest BCUT2D eigenvalue weighted by Gasteiger charge is 2.40. The summed E-state index contributed by atoms with van der Waals surface area (Å²) < 4.78 is 5.12. The molecule has 1 aromatic rings. The number of likely N-dealkylation sites (tertiary alicyclic amines) is 1. The molecule has 206 valence electrons. The smallest absolute Gasteiger partial charge is 0.333 e. The van der Waals surface area contributed by atoms with Gasteiger partial charge in [0.2, 0.25) is 11.8 Å². The molecule has 0 spiro atoms. The zero-order valence-corrected chi connectivity index (χ0v) is 24.2. The Bertz CT molecular complexity index is 951. The van der Waals surface area contributed by atoms with E-state index in [-0.39, 0.29) is 35.8 Å². The van der Waals surface area contributed by atoms with Crippen molar-refractivity contribution in [2.75, 3.05) is 27.2 Å². The average Bonchev–Trinajstić information content (AvgIpc) is 2.84. The second-order valence-corrected chi connectivity index (χ2v) is 11.7. The molecule has 1 unspecified atom stereocenters. The van der Waals surface area contributed by atoms with Crippen molar-refractivity contribution in [1.29, 1.82) is 0 Å². The molecule has 0 bridgehead atoms. The summed E-state index contributed by atoms with van der Waals surface area (Å²) in [7, 11) is 3.72. The molecular formula is C30H47N3O4. The van der Waals surface area contributed by atoms with E-state index in [1.807, 2.05) is 59.9 Å². The summed E-state index contributed by atoms with van der Waals surface area (Å²) in [6, 6.07) is 8.98. The van der Waals surface area contributed by atoms with Crippen molar-refractivity contribution >= 4 is 17.8 Å². The van der Waals surface area contributed by atoms with E-state index in [2.05, 4.69) is 22.3 Å². The van der Waals surface area contributed by atoms with Gasteiger partial charge in [-0.25, -0.2) is 4.79 Å². The number of carbonyl (C=O) groups is 3. The molecule has 1 N–H and O–H groups in total. The summed E-state index contributed by atoms with van der Waals surface area (Å²) in [5, 5.41) is 3.12. The first-order chi connectivity index (χ1) is 17.3. The molecule has 2 amide bonds. The van der Waals surface area contributed by atoms with Gasteiger partial charge < -0.3 is 15.0 Å². The van der Waals surface area contributed by atoms with Crippen molar-refractivity contribution in [2.45, 2.75) is 85.4 Å². The number of hydrogen-bond acceptors (Lipinski definition) is 5. The van der Waals surface area contributed by atoms with Gasteiger partial charge in [0.1, 0.15) is 6.04 Å². The normalized spacial score (nSPS) is 20.8. The zero-order chi connectivity index (χ0) is 27.9. The second-order valence-electron chi connectivity index (χ2n) is 11.7. The highest BCUT2D eigenvalue weighted by molar-refractivity contribution is 5.91. The fourth-order valence-electron chi connectivity index (χ4n) is 4.98. The first-order valence-corrected chi connectivity index (χ1v) is 13.5. The lowest BCUT2D eigenvalue weighted by atomic mass is 9.83. The lowest BCUT2D eigenvalue weighted by Crippen LogP contribution is -2.60. The van der Waals surface area contributed by atoms with E-state index in [1.54, 1.807) is 31.9 Å². The van der Waals surface area contributed by atoms with Crippen molar-refractivity contribution in [3.8, 4) is 0 Å². The van der Waals surface area contributed by atoms with Gasteiger partial charge in [-0.15, -0.1) is 0 Å². The number of nitrogens with zero attached hydrogens (tertiary/aromatic N) is 2. The van der Waals surface area contributed by atoms with Crippen molar-refractivity contribution in [3.05, 3.63) is 47.5 Å². The Kier molecular flexibility index (Phi) is 10.9. The van der Waals surface area contributed by atoms with Crippen LogP contribution in [0.4, 0.5) is 0 Å². The number of carbonyl (C=O) groups excluding carboxylic acids is 3. The van der Waals surface area contributed by atoms with Crippen LogP contribution < -0.4 is 5.32 Å². The van der Waals surface area contributed by atoms with Crippen LogP contribution in [0.3, 0.4) is 0 Å². The first kappa shape index (κ1) is 30.6. The van der Waals surface area contributed by atoms with Gasteiger partial charge in [0.15, 0.2) is 0 Å². The van der Waals surface area contributed by atoms with E-state index in [0.29, 0.717) is 24.5 Å². The number of likely N-dealkylation sites (N-methyl/N-ethyl adjacent to an activating group) is 2. The van der Waals surface area contributed by atoms with Gasteiger partial charge in [-0.2, -0.15) is 0 Å². The maximum Gasteiger partial charge on any atom is 0.333 e. The summed E-state index contributed by atoms with van der Waals surface area (Å²) in [6.07, 6.45) is 3.50. The molecule has 0 saturated carbocycles. The molecule has 37 heavy (non-hydrogen) atoms. The number of esters is 1. The zero-order valence-electron chi connectivity index (χ0n) is 24.2. The van der Waals surface area contributed by atoms with E-state index in [0.717, 1.165) is 13.0 Å². The molecular weight excluding hydrogens is 466 g/mol. The van der Waals surface area contributed by atoms with Gasteiger partial charge in [-0.3, -0.25) is 14.5 Å². The predicted molar refractivity (Wildman–Crippen MR) is 148 cm³/mol. The highest BCUT2D eigenvalue weighted by Crippen LogP contribution is 2.31. The van der Waals surface area contributed by atoms with E-state index in [9.17, 15) is 14.4 Å². The first-order valence-electron chi connectivity index (χ1n) is 13.5. The van der Waals surface area contributed by atoms with Crippen LogP contribution in [0.15, 0.2) is 42.0 Å². The van der Waals surface area contributed by atoms with Gasteiger partial charge in [0, 0.05) is 12.6 Å². The van der Waals surface area contributed by atoms with Gasteiger partial charge in [-0.05, 0) is 63.1 Å². The number of piperidine rings is 1. The minimum Gasteiger partial charge on any atom is -0.463 e. The van der Waals surface area contributed by atoms with Crippen LogP contribution in [-0.4, -0.2) is 73.0 Å². The Hall–Kier alpha value is -2.67. The standard InChI is InChI=1S/C30H47N3O4/c1-10-37-29(36)21(4)18-24(20(2)3)33(9)28(35)26(30(5,6)7)31-27(34)25-19-23(16-17-32(25)8)22-14-12-11-13-15-22/h11-15,18,20,23-26H,10,16-17,19H2,1-9H3,(H,31,34)/b21-18+/t23-,24+,25?,26+/m0/s1. The molecule has 1 aromatic carbocycles. The molecule has 0 aliphatic carbocycles. The largest absolute Gasteiger partial charge is 0.463 e. The van der Waals surface area contributed by atoms with Gasteiger partial charge >= 0.3 is 5.97 Å². The van der Waals surface area contributed by atoms with Crippen molar-refractivity contribution in [2.24, 2.45) is 11.3 Å². The van der Waals surface area contributed by atoms with Crippen LogP contribution in [0.1, 0.15) is 72.8 Å². The summed E-state index contributed by atoms with van der Waals surface area (Å²) in [5.41, 5.74) is 1.21. The number of benzene rings is 1. The summed E-state index contributed by atoms with van der Waals surface area (Å²) in [4.78, 5) is 43.4. The third kappa shape index (κ3) is 8.16. The van der Waals surface area contributed by atoms with Crippen molar-refractivity contribution < 1.29 is 19.1 Å². The second kappa shape index (κ2) is 13.2. The van der Waals surface area contributed by atoms with Crippen LogP contribution in [0.2, 0.25) is 0 Å². The molecule has 7 heteroatoms. The number of ether oxygens (including phenoxy) is 1. The van der Waals surface area contributed by atoms with Crippen LogP contribution in [0, 0.1) is 11.3 Å².